The molecule has 0 aliphatic heterocycles. The molecule has 0 aliphatic rings. The molecular weight excluding hydrogens is 222 g/mol. The molecule has 1 unspecified atom stereocenters. The summed E-state index contributed by atoms with van der Waals surface area (Å²) in [4.78, 5) is 1.51. The van der Waals surface area contributed by atoms with Crippen molar-refractivity contribution in [1.82, 2.24) is 5.32 Å². The van der Waals surface area contributed by atoms with Crippen molar-refractivity contribution in [3.8, 4) is 0 Å². The normalized spacial score (nSPS) is 13.0. The van der Waals surface area contributed by atoms with Crippen LogP contribution in [0.5, 0.6) is 0 Å². The fourth-order valence-electron chi connectivity index (χ4n) is 1.56. The van der Waals surface area contributed by atoms with Crippen molar-refractivity contribution in [2.45, 2.75) is 33.2 Å². The zero-order valence-corrected chi connectivity index (χ0v) is 11.5. The van der Waals surface area contributed by atoms with E-state index in [1.165, 1.54) is 28.4 Å². The van der Waals surface area contributed by atoms with Crippen molar-refractivity contribution in [2.24, 2.45) is 0 Å². The van der Waals surface area contributed by atoms with Crippen LogP contribution < -0.4 is 5.32 Å². The Morgan fingerprint density at radius 1 is 1.47 bits per heavy atom. The van der Waals surface area contributed by atoms with Gasteiger partial charge in [0.1, 0.15) is 0 Å². The summed E-state index contributed by atoms with van der Waals surface area (Å²) >= 11 is 3.93. The average molecular weight is 243 g/mol. The van der Waals surface area contributed by atoms with Crippen LogP contribution in [0.1, 0.15) is 36.8 Å². The third-order valence-corrected chi connectivity index (χ3v) is 4.70. The molecule has 1 nitrogen and oxygen atoms in total. The summed E-state index contributed by atoms with van der Waals surface area (Å²) in [7, 11) is 0. The van der Waals surface area contributed by atoms with Gasteiger partial charge in [0.2, 0.25) is 0 Å². The number of hydrogen-bond donors (Lipinski definition) is 1. The molecule has 0 aromatic carbocycles. The topological polar surface area (TPSA) is 12.0 Å². The van der Waals surface area contributed by atoms with Gasteiger partial charge in [0.15, 0.2) is 0 Å². The molecule has 0 bridgehead atoms. The highest BCUT2D eigenvalue weighted by Gasteiger charge is 2.13. The van der Waals surface area contributed by atoms with Crippen molar-refractivity contribution in [3.05, 3.63) is 21.9 Å². The maximum atomic E-state index is 3.57. The Balaban J connectivity index is 2.53. The summed E-state index contributed by atoms with van der Waals surface area (Å²) in [5.74, 6) is 2.47. The van der Waals surface area contributed by atoms with Crippen LogP contribution in [0.3, 0.4) is 0 Å². The smallest absolute Gasteiger partial charge is 0.0509 e. The van der Waals surface area contributed by atoms with Crippen LogP contribution in [0.4, 0.5) is 0 Å². The first-order valence-corrected chi connectivity index (χ1v) is 7.68. The third kappa shape index (κ3) is 4.17. The lowest BCUT2D eigenvalue weighted by Gasteiger charge is -2.17. The van der Waals surface area contributed by atoms with Crippen LogP contribution in [0.25, 0.3) is 0 Å². The molecule has 0 saturated carbocycles. The number of nitrogens with one attached hydrogen (secondary N) is 1. The monoisotopic (exact) mass is 243 g/mol. The second-order valence-corrected chi connectivity index (χ2v) is 5.75. The van der Waals surface area contributed by atoms with Crippen molar-refractivity contribution < 1.29 is 0 Å². The standard InChI is InChI=1S/C12H21NS2/c1-4-7-14-9-11(13-5-2)12-10(3)6-8-15-12/h6,8,11,13H,4-5,7,9H2,1-3H3. The first-order chi connectivity index (χ1) is 7.29. The van der Waals surface area contributed by atoms with E-state index in [2.05, 4.69) is 49.3 Å². The van der Waals surface area contributed by atoms with Crippen LogP contribution in [-0.4, -0.2) is 18.1 Å². The van der Waals surface area contributed by atoms with Crippen molar-refractivity contribution in [2.75, 3.05) is 18.1 Å². The molecule has 1 heterocycles. The van der Waals surface area contributed by atoms with Gasteiger partial charge in [0.25, 0.3) is 0 Å². The van der Waals surface area contributed by atoms with Gasteiger partial charge in [-0.2, -0.15) is 11.8 Å². The number of aryl methyl sites for hydroxylation is 1. The average Bonchev–Trinajstić information content (AvgIpc) is 2.64. The second-order valence-electron chi connectivity index (χ2n) is 3.65. The van der Waals surface area contributed by atoms with Crippen LogP contribution in [0, 0.1) is 6.92 Å². The van der Waals surface area contributed by atoms with E-state index in [4.69, 9.17) is 0 Å². The SMILES string of the molecule is CCCSCC(NCC)c1sccc1C. The molecule has 0 amide bonds. The molecule has 0 spiro atoms. The van der Waals surface area contributed by atoms with Gasteiger partial charge < -0.3 is 5.32 Å². The minimum atomic E-state index is 0.548. The molecular formula is C12H21NS2. The lowest BCUT2D eigenvalue weighted by molar-refractivity contribution is 0.612. The Labute approximate surface area is 102 Å². The summed E-state index contributed by atoms with van der Waals surface area (Å²) in [5.41, 5.74) is 1.43. The summed E-state index contributed by atoms with van der Waals surface area (Å²) in [6.07, 6.45) is 1.27. The highest BCUT2D eigenvalue weighted by atomic mass is 32.2. The lowest BCUT2D eigenvalue weighted by atomic mass is 10.2. The predicted octanol–water partition coefficient (Wildman–Crippen LogP) is 3.85. The van der Waals surface area contributed by atoms with Gasteiger partial charge in [-0.1, -0.05) is 13.8 Å². The molecule has 1 atom stereocenters. The van der Waals surface area contributed by atoms with Gasteiger partial charge in [0.05, 0.1) is 6.04 Å². The fourth-order valence-corrected chi connectivity index (χ4v) is 3.65. The number of thioether (sulfide) groups is 1. The van der Waals surface area contributed by atoms with Gasteiger partial charge in [-0.25, -0.2) is 0 Å². The summed E-state index contributed by atoms with van der Waals surface area (Å²) < 4.78 is 0. The second kappa shape index (κ2) is 7.31. The van der Waals surface area contributed by atoms with Crippen LogP contribution >= 0.6 is 23.1 Å². The first-order valence-electron chi connectivity index (χ1n) is 5.64. The predicted molar refractivity (Wildman–Crippen MR) is 73.1 cm³/mol. The first kappa shape index (κ1) is 13.1. The van der Waals surface area contributed by atoms with Crippen molar-refractivity contribution >= 4 is 23.1 Å². The molecule has 1 N–H and O–H groups in total. The highest BCUT2D eigenvalue weighted by Crippen LogP contribution is 2.26. The van der Waals surface area contributed by atoms with E-state index in [1.807, 2.05) is 11.3 Å². The van der Waals surface area contributed by atoms with E-state index in [0.717, 1.165) is 6.54 Å². The Hall–Kier alpha value is 0.0100. The van der Waals surface area contributed by atoms with Gasteiger partial charge in [0, 0.05) is 10.6 Å². The quantitative estimate of drug-likeness (QED) is 0.730. The molecule has 86 valence electrons. The Kier molecular flexibility index (Phi) is 6.37. The van der Waals surface area contributed by atoms with Crippen molar-refractivity contribution in [3.63, 3.8) is 0 Å². The van der Waals surface area contributed by atoms with Crippen LogP contribution in [0.15, 0.2) is 11.4 Å². The van der Waals surface area contributed by atoms with Crippen LogP contribution in [0.2, 0.25) is 0 Å². The molecule has 0 fully saturated rings. The summed E-state index contributed by atoms with van der Waals surface area (Å²) in [6, 6.07) is 2.76. The largest absolute Gasteiger partial charge is 0.309 e. The Morgan fingerprint density at radius 2 is 2.27 bits per heavy atom. The van der Waals surface area contributed by atoms with E-state index in [-0.39, 0.29) is 0 Å². The summed E-state index contributed by atoms with van der Waals surface area (Å²) in [5, 5.41) is 5.77. The number of hydrogen-bond acceptors (Lipinski definition) is 3. The zero-order chi connectivity index (χ0) is 11.1. The van der Waals surface area contributed by atoms with Gasteiger partial charge in [-0.3, -0.25) is 0 Å². The van der Waals surface area contributed by atoms with E-state index >= 15 is 0 Å². The fraction of sp³-hybridized carbons (Fsp3) is 0.667. The third-order valence-electron chi connectivity index (χ3n) is 2.30. The molecule has 1 rings (SSSR count). The molecule has 0 saturated heterocycles. The van der Waals surface area contributed by atoms with E-state index in [9.17, 15) is 0 Å². The number of rotatable bonds is 7. The van der Waals surface area contributed by atoms with Crippen molar-refractivity contribution in [1.29, 1.82) is 0 Å². The van der Waals surface area contributed by atoms with E-state index in [1.54, 1.807) is 0 Å². The molecule has 0 aliphatic carbocycles. The molecule has 1 aromatic heterocycles. The Bertz CT molecular complexity index is 270. The van der Waals surface area contributed by atoms with Gasteiger partial charge in [-0.15, -0.1) is 11.3 Å². The molecule has 3 heteroatoms. The zero-order valence-electron chi connectivity index (χ0n) is 9.88. The van der Waals surface area contributed by atoms with Crippen LogP contribution in [-0.2, 0) is 0 Å². The maximum Gasteiger partial charge on any atom is 0.0509 e. The van der Waals surface area contributed by atoms with E-state index in [0.29, 0.717) is 6.04 Å². The number of thiophene rings is 1. The minimum Gasteiger partial charge on any atom is -0.309 e. The maximum absolute atomic E-state index is 3.57. The molecule has 15 heavy (non-hydrogen) atoms. The lowest BCUT2D eigenvalue weighted by Crippen LogP contribution is -2.22. The summed E-state index contributed by atoms with van der Waals surface area (Å²) in [6.45, 7) is 7.68. The van der Waals surface area contributed by atoms with Gasteiger partial charge in [-0.05, 0) is 42.7 Å². The Morgan fingerprint density at radius 3 is 2.80 bits per heavy atom. The molecule has 1 aromatic rings. The van der Waals surface area contributed by atoms with E-state index < -0.39 is 0 Å². The highest BCUT2D eigenvalue weighted by molar-refractivity contribution is 7.99. The molecule has 0 radical (unpaired) electrons. The minimum absolute atomic E-state index is 0.548. The van der Waals surface area contributed by atoms with Gasteiger partial charge >= 0.3 is 0 Å².